The van der Waals surface area contributed by atoms with Crippen LogP contribution in [0.25, 0.3) is 0 Å². The fourth-order valence-electron chi connectivity index (χ4n) is 1.65. The lowest BCUT2D eigenvalue weighted by molar-refractivity contribution is -0.131. The standard InChI is InChI=1S/C8H15NO/c1-5(10)6-4-7(9)8(6,2)3/h6-7H,4,9H2,1-3H3/t6-,7-/m1/s1. The first-order valence-electron chi connectivity index (χ1n) is 3.72. The van der Waals surface area contributed by atoms with Crippen molar-refractivity contribution in [1.29, 1.82) is 0 Å². The maximum Gasteiger partial charge on any atom is 0.133 e. The lowest BCUT2D eigenvalue weighted by Crippen LogP contribution is -2.56. The maximum absolute atomic E-state index is 10.9. The fraction of sp³-hybridized carbons (Fsp3) is 0.875. The van der Waals surface area contributed by atoms with Crippen LogP contribution in [0.3, 0.4) is 0 Å². The lowest BCUT2D eigenvalue weighted by atomic mass is 9.58. The Morgan fingerprint density at radius 3 is 2.20 bits per heavy atom. The zero-order valence-electron chi connectivity index (χ0n) is 6.85. The molecule has 2 N–H and O–H groups in total. The van der Waals surface area contributed by atoms with Crippen LogP contribution in [0.15, 0.2) is 0 Å². The number of hydrogen-bond donors (Lipinski definition) is 1. The van der Waals surface area contributed by atoms with Gasteiger partial charge in [0.2, 0.25) is 0 Å². The summed E-state index contributed by atoms with van der Waals surface area (Å²) in [6, 6.07) is 0.224. The Kier molecular flexibility index (Phi) is 1.59. The zero-order valence-corrected chi connectivity index (χ0v) is 6.85. The van der Waals surface area contributed by atoms with Crippen molar-refractivity contribution in [2.24, 2.45) is 17.1 Å². The van der Waals surface area contributed by atoms with Gasteiger partial charge in [-0.2, -0.15) is 0 Å². The minimum Gasteiger partial charge on any atom is -0.327 e. The molecule has 0 saturated heterocycles. The highest BCUT2D eigenvalue weighted by atomic mass is 16.1. The van der Waals surface area contributed by atoms with Gasteiger partial charge in [-0.15, -0.1) is 0 Å². The summed E-state index contributed by atoms with van der Waals surface area (Å²) in [5, 5.41) is 0. The van der Waals surface area contributed by atoms with Gasteiger partial charge in [0.15, 0.2) is 0 Å². The molecule has 0 radical (unpaired) electrons. The van der Waals surface area contributed by atoms with E-state index in [4.69, 9.17) is 5.73 Å². The van der Waals surface area contributed by atoms with E-state index in [1.165, 1.54) is 0 Å². The van der Waals surface area contributed by atoms with Crippen LogP contribution >= 0.6 is 0 Å². The molecule has 1 rings (SSSR count). The van der Waals surface area contributed by atoms with Crippen LogP contribution in [0.5, 0.6) is 0 Å². The molecule has 2 nitrogen and oxygen atoms in total. The molecule has 2 atom stereocenters. The van der Waals surface area contributed by atoms with Crippen molar-refractivity contribution in [3.8, 4) is 0 Å². The van der Waals surface area contributed by atoms with Crippen molar-refractivity contribution in [1.82, 2.24) is 0 Å². The van der Waals surface area contributed by atoms with Crippen molar-refractivity contribution < 1.29 is 4.79 Å². The summed E-state index contributed by atoms with van der Waals surface area (Å²) in [5.74, 6) is 0.495. The monoisotopic (exact) mass is 141 g/mol. The summed E-state index contributed by atoms with van der Waals surface area (Å²) in [6.07, 6.45) is 0.877. The molecule has 0 aromatic rings. The number of nitrogens with two attached hydrogens (primary N) is 1. The molecule has 58 valence electrons. The number of carbonyl (C=O) groups excluding carboxylic acids is 1. The van der Waals surface area contributed by atoms with E-state index in [9.17, 15) is 4.79 Å². The molecule has 0 heterocycles. The number of rotatable bonds is 1. The summed E-state index contributed by atoms with van der Waals surface area (Å²) in [7, 11) is 0. The highest BCUT2D eigenvalue weighted by molar-refractivity contribution is 5.80. The van der Waals surface area contributed by atoms with Crippen LogP contribution in [-0.4, -0.2) is 11.8 Å². The van der Waals surface area contributed by atoms with E-state index in [2.05, 4.69) is 13.8 Å². The van der Waals surface area contributed by atoms with E-state index < -0.39 is 0 Å². The molecule has 0 unspecified atom stereocenters. The van der Waals surface area contributed by atoms with Crippen molar-refractivity contribution in [2.45, 2.75) is 33.2 Å². The van der Waals surface area contributed by atoms with Crippen LogP contribution < -0.4 is 5.73 Å². The molecule has 1 fully saturated rings. The molecule has 0 bridgehead atoms. The quantitative estimate of drug-likeness (QED) is 0.590. The van der Waals surface area contributed by atoms with E-state index in [1.807, 2.05) is 0 Å². The predicted octanol–water partition coefficient (Wildman–Crippen LogP) is 0.949. The number of Topliss-reactive ketones (excluding diaryl/α,β-unsaturated/α-hetero) is 1. The van der Waals surface area contributed by atoms with E-state index in [0.29, 0.717) is 0 Å². The molecule has 1 aliphatic carbocycles. The SMILES string of the molecule is CC(=O)[C@H]1C[C@@H](N)C1(C)C. The van der Waals surface area contributed by atoms with Crippen molar-refractivity contribution in [3.63, 3.8) is 0 Å². The van der Waals surface area contributed by atoms with Crippen LogP contribution in [-0.2, 0) is 4.79 Å². The Hall–Kier alpha value is -0.370. The molecular weight excluding hydrogens is 126 g/mol. The molecule has 1 aliphatic rings. The summed E-state index contributed by atoms with van der Waals surface area (Å²) in [4.78, 5) is 10.9. The number of hydrogen-bond acceptors (Lipinski definition) is 2. The third-order valence-electron chi connectivity index (χ3n) is 2.83. The van der Waals surface area contributed by atoms with Crippen LogP contribution in [0.1, 0.15) is 27.2 Å². The first-order chi connectivity index (χ1) is 4.46. The van der Waals surface area contributed by atoms with Gasteiger partial charge in [-0.25, -0.2) is 0 Å². The number of carbonyl (C=O) groups is 1. The highest BCUT2D eigenvalue weighted by Crippen LogP contribution is 2.45. The maximum atomic E-state index is 10.9. The molecular formula is C8H15NO. The van der Waals surface area contributed by atoms with E-state index in [-0.39, 0.29) is 23.2 Å². The highest BCUT2D eigenvalue weighted by Gasteiger charge is 2.48. The van der Waals surface area contributed by atoms with Gasteiger partial charge in [-0.05, 0) is 18.8 Å². The molecule has 0 aromatic heterocycles. The lowest BCUT2D eigenvalue weighted by Gasteiger charge is -2.49. The molecule has 0 aliphatic heterocycles. The van der Waals surface area contributed by atoms with Crippen molar-refractivity contribution in [3.05, 3.63) is 0 Å². The van der Waals surface area contributed by atoms with E-state index >= 15 is 0 Å². The smallest absolute Gasteiger partial charge is 0.133 e. The van der Waals surface area contributed by atoms with Gasteiger partial charge in [-0.3, -0.25) is 4.79 Å². The van der Waals surface area contributed by atoms with Crippen molar-refractivity contribution in [2.75, 3.05) is 0 Å². The zero-order chi connectivity index (χ0) is 7.94. The average Bonchev–Trinajstić information content (AvgIpc) is 1.82. The summed E-state index contributed by atoms with van der Waals surface area (Å²) >= 11 is 0. The van der Waals surface area contributed by atoms with Gasteiger partial charge < -0.3 is 5.73 Å². The molecule has 0 amide bonds. The molecule has 10 heavy (non-hydrogen) atoms. The Balaban J connectivity index is 2.63. The fourth-order valence-corrected chi connectivity index (χ4v) is 1.65. The molecule has 0 aromatic carbocycles. The second-order valence-electron chi connectivity index (χ2n) is 3.83. The topological polar surface area (TPSA) is 43.1 Å². The van der Waals surface area contributed by atoms with Crippen LogP contribution in [0, 0.1) is 11.3 Å². The summed E-state index contributed by atoms with van der Waals surface area (Å²) in [6.45, 7) is 5.78. The summed E-state index contributed by atoms with van der Waals surface area (Å²) in [5.41, 5.74) is 5.78. The first kappa shape index (κ1) is 7.73. The summed E-state index contributed by atoms with van der Waals surface area (Å²) < 4.78 is 0. The average molecular weight is 141 g/mol. The van der Waals surface area contributed by atoms with Crippen LogP contribution in [0.4, 0.5) is 0 Å². The van der Waals surface area contributed by atoms with Gasteiger partial charge in [0.1, 0.15) is 5.78 Å². The van der Waals surface area contributed by atoms with Gasteiger partial charge in [0.05, 0.1) is 0 Å². The molecule has 0 spiro atoms. The van der Waals surface area contributed by atoms with Gasteiger partial charge in [-0.1, -0.05) is 13.8 Å². The van der Waals surface area contributed by atoms with Crippen LogP contribution in [0.2, 0.25) is 0 Å². The number of ketones is 1. The third-order valence-corrected chi connectivity index (χ3v) is 2.83. The Bertz CT molecular complexity index is 163. The molecule has 1 saturated carbocycles. The minimum absolute atomic E-state index is 0.0475. The van der Waals surface area contributed by atoms with Gasteiger partial charge >= 0.3 is 0 Å². The van der Waals surface area contributed by atoms with E-state index in [1.54, 1.807) is 6.92 Å². The third kappa shape index (κ3) is 0.870. The Labute approximate surface area is 61.8 Å². The minimum atomic E-state index is 0.0475. The van der Waals surface area contributed by atoms with Gasteiger partial charge in [0.25, 0.3) is 0 Å². The van der Waals surface area contributed by atoms with E-state index in [0.717, 1.165) is 6.42 Å². The predicted molar refractivity (Wildman–Crippen MR) is 40.5 cm³/mol. The second kappa shape index (κ2) is 2.06. The molecule has 2 heteroatoms. The first-order valence-corrected chi connectivity index (χ1v) is 3.72. The Morgan fingerprint density at radius 1 is 1.60 bits per heavy atom. The Morgan fingerprint density at radius 2 is 2.10 bits per heavy atom. The van der Waals surface area contributed by atoms with Crippen molar-refractivity contribution >= 4 is 5.78 Å². The normalized spacial score (nSPS) is 36.8. The largest absolute Gasteiger partial charge is 0.327 e. The van der Waals surface area contributed by atoms with Gasteiger partial charge in [0, 0.05) is 12.0 Å². The second-order valence-corrected chi connectivity index (χ2v) is 3.83.